The van der Waals surface area contributed by atoms with Gasteiger partial charge in [0, 0.05) is 17.0 Å². The summed E-state index contributed by atoms with van der Waals surface area (Å²) >= 11 is 5.71. The lowest BCUT2D eigenvalue weighted by Gasteiger charge is -2.02. The number of aromatic amines is 1. The molecule has 0 atom stereocenters. The summed E-state index contributed by atoms with van der Waals surface area (Å²) in [5.41, 5.74) is 3.95. The second-order valence-corrected chi connectivity index (χ2v) is 5.38. The van der Waals surface area contributed by atoms with Crippen LogP contribution in [0, 0.1) is 13.8 Å². The van der Waals surface area contributed by atoms with Gasteiger partial charge in [0.05, 0.1) is 12.7 Å². The fraction of sp³-hybridized carbons (Fsp3) is 0.200. The van der Waals surface area contributed by atoms with Gasteiger partial charge in [0.2, 0.25) is 5.91 Å². The molecule has 0 aliphatic heterocycles. The van der Waals surface area contributed by atoms with E-state index in [9.17, 15) is 4.79 Å². The first-order valence-corrected chi connectivity index (χ1v) is 6.89. The largest absolute Gasteiger partial charge is 0.464 e. The van der Waals surface area contributed by atoms with Gasteiger partial charge in [-0.3, -0.25) is 9.89 Å². The number of fused-ring (bicyclic) bond motifs is 1. The third kappa shape index (κ3) is 2.64. The van der Waals surface area contributed by atoms with E-state index in [0.717, 1.165) is 22.1 Å². The molecule has 3 rings (SSSR count). The topological polar surface area (TPSA) is 70.9 Å². The Morgan fingerprint density at radius 1 is 1.43 bits per heavy atom. The van der Waals surface area contributed by atoms with Crippen LogP contribution in [0.5, 0.6) is 0 Å². The fourth-order valence-electron chi connectivity index (χ4n) is 2.25. The minimum Gasteiger partial charge on any atom is -0.464 e. The molecule has 1 aromatic carbocycles. The number of hydrogen-bond acceptors (Lipinski definition) is 3. The van der Waals surface area contributed by atoms with Crippen molar-refractivity contribution in [3.8, 4) is 0 Å². The van der Waals surface area contributed by atoms with E-state index >= 15 is 0 Å². The highest BCUT2D eigenvalue weighted by Gasteiger charge is 2.13. The van der Waals surface area contributed by atoms with Crippen LogP contribution >= 0.6 is 11.6 Å². The minimum absolute atomic E-state index is 0.168. The summed E-state index contributed by atoms with van der Waals surface area (Å²) in [5, 5.41) is 10.4. The number of aryl methyl sites for hydroxylation is 2. The molecule has 0 spiro atoms. The second-order valence-electron chi connectivity index (χ2n) is 4.97. The zero-order valence-corrected chi connectivity index (χ0v) is 12.4. The molecule has 2 heterocycles. The standard InChI is InChI=1S/C15H14ClN3O2/c1-8-3-4-11-10(7-21-15(11)9(8)2)5-14(20)17-13-6-12(16)18-19-13/h3-4,6-7H,5H2,1-2H3,(H2,17,18,19,20). The number of furan rings is 1. The Kier molecular flexibility index (Phi) is 3.43. The first kappa shape index (κ1) is 13.7. The number of anilines is 1. The Labute approximate surface area is 126 Å². The van der Waals surface area contributed by atoms with Crippen LogP contribution in [0.2, 0.25) is 5.15 Å². The van der Waals surface area contributed by atoms with Crippen LogP contribution in [-0.4, -0.2) is 16.1 Å². The third-order valence-corrected chi connectivity index (χ3v) is 3.70. The molecular formula is C15H14ClN3O2. The van der Waals surface area contributed by atoms with Gasteiger partial charge >= 0.3 is 0 Å². The van der Waals surface area contributed by atoms with Crippen molar-refractivity contribution in [2.75, 3.05) is 5.32 Å². The maximum absolute atomic E-state index is 12.0. The van der Waals surface area contributed by atoms with Crippen LogP contribution in [0.4, 0.5) is 5.82 Å². The molecule has 0 saturated carbocycles. The van der Waals surface area contributed by atoms with Gasteiger partial charge in [-0.05, 0) is 25.0 Å². The van der Waals surface area contributed by atoms with Gasteiger partial charge in [-0.1, -0.05) is 23.7 Å². The van der Waals surface area contributed by atoms with Gasteiger partial charge < -0.3 is 9.73 Å². The van der Waals surface area contributed by atoms with Crippen LogP contribution < -0.4 is 5.32 Å². The van der Waals surface area contributed by atoms with Gasteiger partial charge in [-0.2, -0.15) is 5.10 Å². The van der Waals surface area contributed by atoms with Crippen LogP contribution in [0.15, 0.2) is 28.9 Å². The number of hydrogen-bond donors (Lipinski definition) is 2. The Hall–Kier alpha value is -2.27. The van der Waals surface area contributed by atoms with Gasteiger partial charge in [-0.25, -0.2) is 0 Å². The van der Waals surface area contributed by atoms with Crippen molar-refractivity contribution in [1.82, 2.24) is 10.2 Å². The van der Waals surface area contributed by atoms with Gasteiger partial charge in [0.1, 0.15) is 10.7 Å². The second kappa shape index (κ2) is 5.26. The summed E-state index contributed by atoms with van der Waals surface area (Å²) < 4.78 is 5.59. The molecule has 0 fully saturated rings. The molecule has 2 N–H and O–H groups in total. The van der Waals surface area contributed by atoms with E-state index in [-0.39, 0.29) is 12.3 Å². The van der Waals surface area contributed by atoms with Gasteiger partial charge in [0.25, 0.3) is 0 Å². The number of halogens is 1. The quantitative estimate of drug-likeness (QED) is 0.776. The van der Waals surface area contributed by atoms with E-state index in [2.05, 4.69) is 15.5 Å². The summed E-state index contributed by atoms with van der Waals surface area (Å²) in [6, 6.07) is 5.57. The molecular weight excluding hydrogens is 290 g/mol. The molecule has 2 aromatic heterocycles. The van der Waals surface area contributed by atoms with Crippen molar-refractivity contribution in [3.05, 3.63) is 46.3 Å². The number of carbonyl (C=O) groups is 1. The van der Waals surface area contributed by atoms with E-state index in [0.29, 0.717) is 11.0 Å². The Bertz CT molecular complexity index is 820. The highest BCUT2D eigenvalue weighted by Crippen LogP contribution is 2.26. The molecule has 0 bridgehead atoms. The summed E-state index contributed by atoms with van der Waals surface area (Å²) in [6.07, 6.45) is 1.86. The molecule has 108 valence electrons. The number of aromatic nitrogens is 2. The normalized spacial score (nSPS) is 11.0. The number of nitrogens with zero attached hydrogens (tertiary/aromatic N) is 1. The predicted molar refractivity (Wildman–Crippen MR) is 81.6 cm³/mol. The molecule has 0 radical (unpaired) electrons. The number of nitrogens with one attached hydrogen (secondary N) is 2. The first-order chi connectivity index (χ1) is 10.0. The Morgan fingerprint density at radius 3 is 2.95 bits per heavy atom. The highest BCUT2D eigenvalue weighted by atomic mass is 35.5. The van der Waals surface area contributed by atoms with E-state index in [1.54, 1.807) is 12.3 Å². The van der Waals surface area contributed by atoms with Crippen molar-refractivity contribution in [2.24, 2.45) is 0 Å². The van der Waals surface area contributed by atoms with Crippen molar-refractivity contribution in [1.29, 1.82) is 0 Å². The van der Waals surface area contributed by atoms with Crippen LogP contribution in [0.1, 0.15) is 16.7 Å². The molecule has 5 nitrogen and oxygen atoms in total. The third-order valence-electron chi connectivity index (χ3n) is 3.51. The van der Waals surface area contributed by atoms with E-state index in [1.165, 1.54) is 5.56 Å². The number of rotatable bonds is 3. The Balaban J connectivity index is 1.82. The van der Waals surface area contributed by atoms with Crippen LogP contribution in [0.3, 0.4) is 0 Å². The minimum atomic E-state index is -0.168. The monoisotopic (exact) mass is 303 g/mol. The lowest BCUT2D eigenvalue weighted by Crippen LogP contribution is -2.14. The zero-order valence-electron chi connectivity index (χ0n) is 11.7. The van der Waals surface area contributed by atoms with Crippen molar-refractivity contribution in [3.63, 3.8) is 0 Å². The average molecular weight is 304 g/mol. The van der Waals surface area contributed by atoms with Crippen LogP contribution in [-0.2, 0) is 11.2 Å². The molecule has 1 amide bonds. The van der Waals surface area contributed by atoms with Crippen molar-refractivity contribution >= 4 is 34.3 Å². The van der Waals surface area contributed by atoms with Gasteiger partial charge in [-0.15, -0.1) is 0 Å². The molecule has 3 aromatic rings. The fourth-order valence-corrected chi connectivity index (χ4v) is 2.39. The number of H-pyrrole nitrogens is 1. The molecule has 6 heteroatoms. The molecule has 0 aliphatic carbocycles. The van der Waals surface area contributed by atoms with Crippen molar-refractivity contribution in [2.45, 2.75) is 20.3 Å². The molecule has 0 aliphatic rings. The molecule has 21 heavy (non-hydrogen) atoms. The lowest BCUT2D eigenvalue weighted by molar-refractivity contribution is -0.115. The predicted octanol–water partition coefficient (Wildman–Crippen LogP) is 3.61. The Morgan fingerprint density at radius 2 is 2.24 bits per heavy atom. The number of benzene rings is 1. The SMILES string of the molecule is Cc1ccc2c(CC(=O)Nc3cc(Cl)[nH]n3)coc2c1C. The number of amides is 1. The summed E-state index contributed by atoms with van der Waals surface area (Å²) in [4.78, 5) is 12.0. The summed E-state index contributed by atoms with van der Waals surface area (Å²) in [7, 11) is 0. The highest BCUT2D eigenvalue weighted by molar-refractivity contribution is 6.29. The molecule has 0 saturated heterocycles. The molecule has 0 unspecified atom stereocenters. The van der Waals surface area contributed by atoms with Crippen molar-refractivity contribution < 1.29 is 9.21 Å². The first-order valence-electron chi connectivity index (χ1n) is 6.51. The lowest BCUT2D eigenvalue weighted by atomic mass is 10.0. The smallest absolute Gasteiger partial charge is 0.230 e. The maximum Gasteiger partial charge on any atom is 0.230 e. The van der Waals surface area contributed by atoms with Gasteiger partial charge in [0.15, 0.2) is 5.82 Å². The summed E-state index contributed by atoms with van der Waals surface area (Å²) in [5.74, 6) is 0.240. The maximum atomic E-state index is 12.0. The zero-order chi connectivity index (χ0) is 15.0. The van der Waals surface area contributed by atoms with E-state index < -0.39 is 0 Å². The van der Waals surface area contributed by atoms with Crippen LogP contribution in [0.25, 0.3) is 11.0 Å². The number of carbonyl (C=O) groups excluding carboxylic acids is 1. The average Bonchev–Trinajstić information content (AvgIpc) is 3.01. The summed E-state index contributed by atoms with van der Waals surface area (Å²) in [6.45, 7) is 4.04. The van der Waals surface area contributed by atoms with E-state index in [4.69, 9.17) is 16.0 Å². The van der Waals surface area contributed by atoms with E-state index in [1.807, 2.05) is 26.0 Å².